The number of hydrogen-bond donors (Lipinski definition) is 0. The van der Waals surface area contributed by atoms with Crippen molar-refractivity contribution in [3.05, 3.63) is 89.7 Å². The lowest BCUT2D eigenvalue weighted by Crippen LogP contribution is -2.60. The molecule has 1 saturated carbocycles. The number of piperidine rings is 1. The molecular weight excluding hydrogens is 550 g/mol. The van der Waals surface area contributed by atoms with Crippen molar-refractivity contribution in [3.8, 4) is 0 Å². The van der Waals surface area contributed by atoms with Crippen LogP contribution in [0, 0.1) is 22.7 Å². The molecule has 4 fully saturated rings. The van der Waals surface area contributed by atoms with Gasteiger partial charge in [-0.1, -0.05) is 74.5 Å². The second kappa shape index (κ2) is 12.6. The molecule has 0 bridgehead atoms. The summed E-state index contributed by atoms with van der Waals surface area (Å²) in [5.74, 6) is 1.21. The molecule has 3 aromatic rings. The summed E-state index contributed by atoms with van der Waals surface area (Å²) in [4.78, 5) is 42.0. The van der Waals surface area contributed by atoms with E-state index in [1.165, 1.54) is 12.0 Å². The van der Waals surface area contributed by atoms with E-state index in [9.17, 15) is 14.4 Å². The minimum Gasteiger partial charge on any atom is -0.345 e. The lowest BCUT2D eigenvalue weighted by molar-refractivity contribution is -0.144. The summed E-state index contributed by atoms with van der Waals surface area (Å²) in [6.07, 6.45) is 9.98. The minimum atomic E-state index is 0.0503. The molecule has 1 spiro atoms. The van der Waals surface area contributed by atoms with Gasteiger partial charge in [-0.05, 0) is 54.6 Å². The van der Waals surface area contributed by atoms with Gasteiger partial charge in [0.1, 0.15) is 0 Å². The topological polar surface area (TPSA) is 78.8 Å². The van der Waals surface area contributed by atoms with Crippen LogP contribution in [0.15, 0.2) is 73.1 Å². The van der Waals surface area contributed by atoms with E-state index in [-0.39, 0.29) is 22.7 Å². The highest BCUT2D eigenvalue weighted by Crippen LogP contribution is 2.54. The molecule has 1 aromatic heterocycles. The first kappa shape index (κ1) is 30.1. The Hall–Kier alpha value is -3.94. The van der Waals surface area contributed by atoms with E-state index >= 15 is 0 Å². The SMILES string of the molecule is CC1(C)C[C@@H]1C(=O)N1CC2(CCN(C(=O)c3cnn(Cc4ccccc4)c3)C2)C1.O=CN1CCCC(Cc2ccccc2)C1. The van der Waals surface area contributed by atoms with Crippen molar-refractivity contribution in [1.82, 2.24) is 24.5 Å². The molecular formula is C36H45N5O3. The number of carbonyl (C=O) groups is 3. The van der Waals surface area contributed by atoms with Crippen LogP contribution in [-0.2, 0) is 22.6 Å². The van der Waals surface area contributed by atoms with Gasteiger partial charge in [-0.2, -0.15) is 5.10 Å². The third-order valence-electron chi connectivity index (χ3n) is 10.0. The summed E-state index contributed by atoms with van der Waals surface area (Å²) in [5.41, 5.74) is 3.47. The summed E-state index contributed by atoms with van der Waals surface area (Å²) < 4.78 is 1.82. The number of carbonyl (C=O) groups excluding carboxylic acids is 3. The Bertz CT molecular complexity index is 1450. The van der Waals surface area contributed by atoms with Gasteiger partial charge in [-0.3, -0.25) is 19.1 Å². The Balaban J connectivity index is 0.000000193. The maximum atomic E-state index is 13.0. The molecule has 2 aromatic carbocycles. The fourth-order valence-corrected chi connectivity index (χ4v) is 7.22. The predicted molar refractivity (Wildman–Crippen MR) is 170 cm³/mol. The summed E-state index contributed by atoms with van der Waals surface area (Å²) in [6.45, 7) is 9.97. The smallest absolute Gasteiger partial charge is 0.257 e. The Morgan fingerprint density at radius 2 is 1.59 bits per heavy atom. The Morgan fingerprint density at radius 3 is 2.25 bits per heavy atom. The summed E-state index contributed by atoms with van der Waals surface area (Å²) in [5, 5.41) is 4.37. The molecule has 3 amide bonds. The minimum absolute atomic E-state index is 0.0503. The van der Waals surface area contributed by atoms with Crippen molar-refractivity contribution < 1.29 is 14.4 Å². The molecule has 8 heteroatoms. The summed E-state index contributed by atoms with van der Waals surface area (Å²) >= 11 is 0. The van der Waals surface area contributed by atoms with E-state index < -0.39 is 0 Å². The van der Waals surface area contributed by atoms with Crippen LogP contribution in [0.1, 0.15) is 61.0 Å². The first-order valence-electron chi connectivity index (χ1n) is 16.1. The van der Waals surface area contributed by atoms with Crippen LogP contribution in [-0.4, -0.2) is 82.0 Å². The zero-order chi connectivity index (χ0) is 30.7. The van der Waals surface area contributed by atoms with Crippen molar-refractivity contribution in [2.75, 3.05) is 39.3 Å². The normalized spacial score (nSPS) is 23.0. The first-order chi connectivity index (χ1) is 21.2. The molecule has 1 unspecified atom stereocenters. The monoisotopic (exact) mass is 595 g/mol. The van der Waals surface area contributed by atoms with Crippen molar-refractivity contribution >= 4 is 18.2 Å². The largest absolute Gasteiger partial charge is 0.345 e. The molecule has 44 heavy (non-hydrogen) atoms. The second-order valence-electron chi connectivity index (χ2n) is 14.1. The average Bonchev–Trinajstić information content (AvgIpc) is 3.35. The van der Waals surface area contributed by atoms with Crippen LogP contribution < -0.4 is 0 Å². The maximum Gasteiger partial charge on any atom is 0.257 e. The number of amides is 3. The van der Waals surface area contributed by atoms with Crippen LogP contribution in [0.25, 0.3) is 0 Å². The van der Waals surface area contributed by atoms with Gasteiger partial charge < -0.3 is 14.7 Å². The van der Waals surface area contributed by atoms with Gasteiger partial charge in [0.05, 0.1) is 18.3 Å². The lowest BCUT2D eigenvalue weighted by Gasteiger charge is -2.48. The van der Waals surface area contributed by atoms with Gasteiger partial charge in [0.25, 0.3) is 5.91 Å². The number of benzene rings is 2. The van der Waals surface area contributed by atoms with Gasteiger partial charge >= 0.3 is 0 Å². The molecule has 2 atom stereocenters. The van der Waals surface area contributed by atoms with E-state index in [2.05, 4.69) is 55.3 Å². The van der Waals surface area contributed by atoms with E-state index in [1.54, 1.807) is 6.20 Å². The first-order valence-corrected chi connectivity index (χ1v) is 16.1. The molecule has 4 aliphatic rings. The molecule has 3 saturated heterocycles. The molecule has 0 radical (unpaired) electrons. The van der Waals surface area contributed by atoms with Gasteiger partial charge in [-0.15, -0.1) is 0 Å². The van der Waals surface area contributed by atoms with E-state index in [0.717, 1.165) is 76.9 Å². The van der Waals surface area contributed by atoms with Crippen molar-refractivity contribution in [3.63, 3.8) is 0 Å². The van der Waals surface area contributed by atoms with E-state index in [0.29, 0.717) is 23.9 Å². The van der Waals surface area contributed by atoms with Crippen LogP contribution >= 0.6 is 0 Å². The molecule has 4 heterocycles. The molecule has 0 N–H and O–H groups in total. The van der Waals surface area contributed by atoms with E-state index in [1.807, 2.05) is 49.8 Å². The molecule has 1 aliphatic carbocycles. The number of hydrogen-bond acceptors (Lipinski definition) is 4. The maximum absolute atomic E-state index is 13.0. The Morgan fingerprint density at radius 1 is 0.932 bits per heavy atom. The second-order valence-corrected chi connectivity index (χ2v) is 14.1. The average molecular weight is 596 g/mol. The van der Waals surface area contributed by atoms with Gasteiger partial charge in [-0.25, -0.2) is 0 Å². The van der Waals surface area contributed by atoms with Crippen LogP contribution in [0.3, 0.4) is 0 Å². The number of likely N-dealkylation sites (tertiary alicyclic amines) is 3. The Kier molecular flexibility index (Phi) is 8.61. The lowest BCUT2D eigenvalue weighted by atomic mass is 9.78. The number of rotatable bonds is 7. The van der Waals surface area contributed by atoms with Crippen LogP contribution in [0.5, 0.6) is 0 Å². The fraction of sp³-hybridized carbons (Fsp3) is 0.500. The van der Waals surface area contributed by atoms with E-state index in [4.69, 9.17) is 0 Å². The highest BCUT2D eigenvalue weighted by Gasteiger charge is 2.57. The highest BCUT2D eigenvalue weighted by atomic mass is 16.2. The van der Waals surface area contributed by atoms with Crippen molar-refractivity contribution in [2.45, 2.75) is 52.5 Å². The molecule has 7 rings (SSSR count). The summed E-state index contributed by atoms with van der Waals surface area (Å²) in [6, 6.07) is 20.6. The van der Waals surface area contributed by atoms with Crippen molar-refractivity contribution in [1.29, 1.82) is 0 Å². The molecule has 232 valence electrons. The number of nitrogens with zero attached hydrogens (tertiary/aromatic N) is 5. The van der Waals surface area contributed by atoms with Gasteiger partial charge in [0.2, 0.25) is 12.3 Å². The van der Waals surface area contributed by atoms with Crippen LogP contribution in [0.4, 0.5) is 0 Å². The zero-order valence-corrected chi connectivity index (χ0v) is 26.1. The quantitative estimate of drug-likeness (QED) is 0.370. The predicted octanol–water partition coefficient (Wildman–Crippen LogP) is 4.75. The standard InChI is InChI=1S/C23H28N4O2.C13H17NO/c1-22(2)10-19(22)21(29)26-15-23(16-26)8-9-25(14-23)20(28)18-11-24-27(13-18)12-17-6-4-3-5-7-17;15-11-14-8-4-7-13(10-14)9-12-5-2-1-3-6-12/h3-7,11,13,19H,8-10,12,14-16H2,1-2H3;1-3,5-6,11,13H,4,7-10H2/t19-;/m1./s1. The Labute approximate surface area is 261 Å². The zero-order valence-electron chi connectivity index (χ0n) is 26.1. The third kappa shape index (κ3) is 6.90. The fourth-order valence-electron chi connectivity index (χ4n) is 7.22. The highest BCUT2D eigenvalue weighted by molar-refractivity contribution is 5.94. The van der Waals surface area contributed by atoms with Crippen molar-refractivity contribution in [2.24, 2.45) is 22.7 Å². The molecule has 3 aliphatic heterocycles. The van der Waals surface area contributed by atoms with Gasteiger partial charge in [0.15, 0.2) is 0 Å². The number of aromatic nitrogens is 2. The van der Waals surface area contributed by atoms with Gasteiger partial charge in [0, 0.05) is 56.8 Å². The van der Waals surface area contributed by atoms with Crippen LogP contribution in [0.2, 0.25) is 0 Å². The third-order valence-corrected chi connectivity index (χ3v) is 10.0. The summed E-state index contributed by atoms with van der Waals surface area (Å²) in [7, 11) is 0. The molecule has 8 nitrogen and oxygen atoms in total.